The molecule has 3 aromatic rings. The standard InChI is InChI=1S/C23H29BrClN7O/c1-13(31(4)5)14-8-15(25)10-17(9-14)32-20-18(19(24)30-32)12-27-22(29-20)28-16-6-7-23(2,11-16)21(33)26-3/h8-10,12-13,16H,6-7,11H2,1-5H3,(H,26,33)(H,27,28,29)/t13-,16+,23+/m0/s1. The molecule has 1 aliphatic rings. The van der Waals surface area contributed by atoms with E-state index in [1.165, 1.54) is 0 Å². The van der Waals surface area contributed by atoms with E-state index in [2.05, 4.69) is 54.5 Å². The van der Waals surface area contributed by atoms with Crippen LogP contribution in [0.1, 0.15) is 44.7 Å². The van der Waals surface area contributed by atoms with Gasteiger partial charge in [0.15, 0.2) is 5.65 Å². The maximum absolute atomic E-state index is 12.3. The van der Waals surface area contributed by atoms with Crippen molar-refractivity contribution in [3.8, 4) is 5.69 Å². The van der Waals surface area contributed by atoms with Crippen LogP contribution in [0.5, 0.6) is 0 Å². The molecule has 33 heavy (non-hydrogen) atoms. The van der Waals surface area contributed by atoms with Gasteiger partial charge in [0.05, 0.1) is 11.1 Å². The summed E-state index contributed by atoms with van der Waals surface area (Å²) < 4.78 is 2.45. The number of amides is 1. The fourth-order valence-electron chi connectivity index (χ4n) is 4.43. The minimum absolute atomic E-state index is 0.0777. The Hall–Kier alpha value is -2.23. The summed E-state index contributed by atoms with van der Waals surface area (Å²) in [5, 5.41) is 12.3. The van der Waals surface area contributed by atoms with Crippen LogP contribution in [0, 0.1) is 5.41 Å². The van der Waals surface area contributed by atoms with Crippen LogP contribution in [-0.4, -0.2) is 57.7 Å². The largest absolute Gasteiger partial charge is 0.359 e. The molecule has 176 valence electrons. The first-order valence-corrected chi connectivity index (χ1v) is 12.2. The molecule has 8 nitrogen and oxygen atoms in total. The van der Waals surface area contributed by atoms with Crippen molar-refractivity contribution in [3.63, 3.8) is 0 Å². The third-order valence-electron chi connectivity index (χ3n) is 6.64. The monoisotopic (exact) mass is 533 g/mol. The zero-order chi connectivity index (χ0) is 23.9. The molecule has 2 N–H and O–H groups in total. The zero-order valence-corrected chi connectivity index (χ0v) is 21.8. The van der Waals surface area contributed by atoms with Crippen molar-refractivity contribution in [1.82, 2.24) is 30.0 Å². The molecule has 0 aliphatic heterocycles. The van der Waals surface area contributed by atoms with Crippen LogP contribution in [-0.2, 0) is 4.79 Å². The Labute approximate surface area is 207 Å². The number of benzene rings is 1. The third kappa shape index (κ3) is 4.72. The highest BCUT2D eigenvalue weighted by molar-refractivity contribution is 9.10. The van der Waals surface area contributed by atoms with E-state index in [-0.39, 0.29) is 23.4 Å². The Kier molecular flexibility index (Phi) is 6.66. The number of nitrogens with zero attached hydrogens (tertiary/aromatic N) is 5. The first-order chi connectivity index (χ1) is 15.6. The van der Waals surface area contributed by atoms with E-state index in [0.717, 1.165) is 35.9 Å². The highest BCUT2D eigenvalue weighted by Gasteiger charge is 2.41. The summed E-state index contributed by atoms with van der Waals surface area (Å²) >= 11 is 10.0. The van der Waals surface area contributed by atoms with Gasteiger partial charge in [-0.05, 0) is 80.0 Å². The molecular formula is C23H29BrClN7O. The highest BCUT2D eigenvalue weighted by atomic mass is 79.9. The van der Waals surface area contributed by atoms with Crippen LogP contribution < -0.4 is 10.6 Å². The molecule has 2 aromatic heterocycles. The number of anilines is 1. The number of halogens is 2. The molecule has 1 aromatic carbocycles. The quantitative estimate of drug-likeness (QED) is 0.482. The van der Waals surface area contributed by atoms with E-state index < -0.39 is 0 Å². The maximum Gasteiger partial charge on any atom is 0.225 e. The Morgan fingerprint density at radius 2 is 2.12 bits per heavy atom. The van der Waals surface area contributed by atoms with Crippen molar-refractivity contribution in [2.45, 2.75) is 45.2 Å². The van der Waals surface area contributed by atoms with Crippen molar-refractivity contribution in [1.29, 1.82) is 0 Å². The fraction of sp³-hybridized carbons (Fsp3) is 0.478. The lowest BCUT2D eigenvalue weighted by Crippen LogP contribution is -2.35. The molecule has 1 aliphatic carbocycles. The number of hydrogen-bond donors (Lipinski definition) is 2. The van der Waals surface area contributed by atoms with Gasteiger partial charge in [-0.1, -0.05) is 18.5 Å². The lowest BCUT2D eigenvalue weighted by atomic mass is 9.87. The number of nitrogens with one attached hydrogen (secondary N) is 2. The van der Waals surface area contributed by atoms with E-state index in [4.69, 9.17) is 16.6 Å². The molecule has 0 unspecified atom stereocenters. The van der Waals surface area contributed by atoms with Crippen LogP contribution in [0.3, 0.4) is 0 Å². The number of carbonyl (C=O) groups is 1. The van der Waals surface area contributed by atoms with Crippen LogP contribution in [0.4, 0.5) is 5.95 Å². The molecule has 4 rings (SSSR count). The maximum atomic E-state index is 12.3. The Morgan fingerprint density at radius 1 is 1.36 bits per heavy atom. The minimum atomic E-state index is -0.373. The van der Waals surface area contributed by atoms with E-state index in [9.17, 15) is 4.79 Å². The van der Waals surface area contributed by atoms with Gasteiger partial charge < -0.3 is 15.5 Å². The predicted molar refractivity (Wildman–Crippen MR) is 135 cm³/mol. The number of fused-ring (bicyclic) bond motifs is 1. The van der Waals surface area contributed by atoms with E-state index >= 15 is 0 Å². The van der Waals surface area contributed by atoms with Crippen molar-refractivity contribution < 1.29 is 4.79 Å². The molecular weight excluding hydrogens is 506 g/mol. The number of carbonyl (C=O) groups excluding carboxylic acids is 1. The summed E-state index contributed by atoms with van der Waals surface area (Å²) in [5.41, 5.74) is 2.23. The molecule has 0 bridgehead atoms. The van der Waals surface area contributed by atoms with Gasteiger partial charge in [0, 0.05) is 35.8 Å². The highest BCUT2D eigenvalue weighted by Crippen LogP contribution is 2.39. The third-order valence-corrected chi connectivity index (χ3v) is 7.44. The lowest BCUT2D eigenvalue weighted by Gasteiger charge is -2.22. The second-order valence-electron chi connectivity index (χ2n) is 9.24. The molecule has 3 atom stereocenters. The van der Waals surface area contributed by atoms with Gasteiger partial charge >= 0.3 is 0 Å². The Bertz CT molecular complexity index is 1200. The summed E-state index contributed by atoms with van der Waals surface area (Å²) in [4.78, 5) is 23.7. The van der Waals surface area contributed by atoms with Gasteiger partial charge in [-0.15, -0.1) is 0 Å². The van der Waals surface area contributed by atoms with E-state index in [1.807, 2.05) is 33.2 Å². The van der Waals surface area contributed by atoms with Gasteiger partial charge in [0.2, 0.25) is 11.9 Å². The summed E-state index contributed by atoms with van der Waals surface area (Å²) in [5.74, 6) is 0.597. The minimum Gasteiger partial charge on any atom is -0.359 e. The van der Waals surface area contributed by atoms with Crippen LogP contribution in [0.2, 0.25) is 5.02 Å². The Morgan fingerprint density at radius 3 is 2.82 bits per heavy atom. The lowest BCUT2D eigenvalue weighted by molar-refractivity contribution is -0.129. The topological polar surface area (TPSA) is 88.0 Å². The van der Waals surface area contributed by atoms with E-state index in [0.29, 0.717) is 21.2 Å². The van der Waals surface area contributed by atoms with Crippen molar-refractivity contribution in [2.75, 3.05) is 26.5 Å². The first-order valence-electron chi connectivity index (χ1n) is 11.0. The molecule has 2 heterocycles. The van der Waals surface area contributed by atoms with Gasteiger partial charge in [-0.25, -0.2) is 9.67 Å². The molecule has 10 heteroatoms. The van der Waals surface area contributed by atoms with Gasteiger partial charge in [-0.3, -0.25) is 4.79 Å². The number of aromatic nitrogens is 4. The smallest absolute Gasteiger partial charge is 0.225 e. The van der Waals surface area contributed by atoms with E-state index in [1.54, 1.807) is 17.9 Å². The SMILES string of the molecule is CNC(=O)[C@]1(C)CC[C@@H](Nc2ncc3c(Br)nn(-c4cc(Cl)cc([C@H](C)N(C)C)c4)c3n2)C1. The summed E-state index contributed by atoms with van der Waals surface area (Å²) in [6.45, 7) is 4.14. The van der Waals surface area contributed by atoms with Crippen molar-refractivity contribution in [3.05, 3.63) is 39.6 Å². The van der Waals surface area contributed by atoms with Gasteiger partial charge in [-0.2, -0.15) is 10.1 Å². The molecule has 0 radical (unpaired) electrons. The zero-order valence-electron chi connectivity index (χ0n) is 19.5. The molecule has 0 saturated heterocycles. The average molecular weight is 535 g/mol. The van der Waals surface area contributed by atoms with Gasteiger partial charge in [0.1, 0.15) is 4.60 Å². The van der Waals surface area contributed by atoms with Crippen LogP contribution >= 0.6 is 27.5 Å². The Balaban J connectivity index is 1.67. The van der Waals surface area contributed by atoms with Crippen LogP contribution in [0.25, 0.3) is 16.7 Å². The number of rotatable bonds is 6. The summed E-state index contributed by atoms with van der Waals surface area (Å²) in [7, 11) is 5.76. The van der Waals surface area contributed by atoms with Gasteiger partial charge in [0.25, 0.3) is 0 Å². The fourth-order valence-corrected chi connectivity index (χ4v) is 5.11. The molecule has 1 amide bonds. The second-order valence-corrected chi connectivity index (χ2v) is 10.4. The predicted octanol–water partition coefficient (Wildman–Crippen LogP) is 4.57. The number of hydrogen-bond acceptors (Lipinski definition) is 6. The normalized spacial score (nSPS) is 21.5. The molecule has 0 spiro atoms. The second kappa shape index (κ2) is 9.19. The molecule has 1 saturated carbocycles. The first kappa shape index (κ1) is 23.9. The summed E-state index contributed by atoms with van der Waals surface area (Å²) in [6.07, 6.45) is 4.20. The summed E-state index contributed by atoms with van der Waals surface area (Å²) in [6, 6.07) is 6.26. The van der Waals surface area contributed by atoms with Crippen molar-refractivity contribution >= 4 is 50.4 Å². The molecule has 1 fully saturated rings. The average Bonchev–Trinajstić information content (AvgIpc) is 3.32. The van der Waals surface area contributed by atoms with Crippen molar-refractivity contribution in [2.24, 2.45) is 5.41 Å². The van der Waals surface area contributed by atoms with Crippen LogP contribution in [0.15, 0.2) is 29.0 Å².